The van der Waals surface area contributed by atoms with Crippen LogP contribution in [0.15, 0.2) is 42.5 Å². The minimum absolute atomic E-state index is 0.113. The molecule has 0 spiro atoms. The molecule has 0 aromatic heterocycles. The predicted molar refractivity (Wildman–Crippen MR) is 104 cm³/mol. The molecule has 0 saturated carbocycles. The lowest BCUT2D eigenvalue weighted by Crippen LogP contribution is -2.38. The van der Waals surface area contributed by atoms with Gasteiger partial charge in [-0.05, 0) is 42.2 Å². The van der Waals surface area contributed by atoms with E-state index >= 15 is 0 Å². The summed E-state index contributed by atoms with van der Waals surface area (Å²) in [6, 6.07) is 13.3. The Hall–Kier alpha value is -2.69. The highest BCUT2D eigenvalue weighted by atomic mass is 16.5. The van der Waals surface area contributed by atoms with Gasteiger partial charge in [0.2, 0.25) is 0 Å². The van der Waals surface area contributed by atoms with Gasteiger partial charge in [0.1, 0.15) is 5.75 Å². The Labute approximate surface area is 160 Å². The zero-order chi connectivity index (χ0) is 19.4. The zero-order valence-electron chi connectivity index (χ0n) is 16.3. The minimum atomic E-state index is -0.486. The molecule has 1 aliphatic heterocycles. The number of nitrogens with one attached hydrogen (secondary N) is 1. The van der Waals surface area contributed by atoms with Crippen LogP contribution in [0.25, 0.3) is 0 Å². The van der Waals surface area contributed by atoms with E-state index in [0.29, 0.717) is 30.4 Å². The number of methoxy groups -OCH3 is 1. The van der Waals surface area contributed by atoms with Crippen LogP contribution in [0.5, 0.6) is 17.2 Å². The molecule has 2 unspecified atom stereocenters. The van der Waals surface area contributed by atoms with Crippen molar-refractivity contribution in [2.45, 2.75) is 39.3 Å². The first kappa shape index (κ1) is 19.1. The molecule has 0 saturated heterocycles. The normalized spacial score (nSPS) is 16.4. The fourth-order valence-corrected chi connectivity index (χ4v) is 3.05. The second-order valence-electron chi connectivity index (χ2n) is 7.26. The molecule has 2 atom stereocenters. The molecule has 0 fully saturated rings. The van der Waals surface area contributed by atoms with Crippen LogP contribution < -0.4 is 19.5 Å². The van der Waals surface area contributed by atoms with Gasteiger partial charge in [0.05, 0.1) is 19.8 Å². The van der Waals surface area contributed by atoms with E-state index < -0.39 is 6.10 Å². The average Bonchev–Trinajstić information content (AvgIpc) is 3.10. The van der Waals surface area contributed by atoms with E-state index in [1.54, 1.807) is 7.11 Å². The van der Waals surface area contributed by atoms with Crippen molar-refractivity contribution in [2.24, 2.45) is 5.92 Å². The summed E-state index contributed by atoms with van der Waals surface area (Å²) in [5.74, 6) is 2.49. The number of amides is 1. The number of benzene rings is 2. The lowest BCUT2D eigenvalue weighted by molar-refractivity contribution is -0.127. The van der Waals surface area contributed by atoms with Gasteiger partial charge in [-0.25, -0.2) is 0 Å². The van der Waals surface area contributed by atoms with E-state index in [1.165, 1.54) is 0 Å². The van der Waals surface area contributed by atoms with Crippen LogP contribution in [0.1, 0.15) is 37.9 Å². The lowest BCUT2D eigenvalue weighted by Gasteiger charge is -2.19. The lowest BCUT2D eigenvalue weighted by atomic mass is 10.1. The summed E-state index contributed by atoms with van der Waals surface area (Å²) in [5, 5.41) is 3.03. The highest BCUT2D eigenvalue weighted by Crippen LogP contribution is 2.31. The second kappa shape index (κ2) is 8.33. The maximum atomic E-state index is 12.6. The Bertz CT molecular complexity index is 778. The third-order valence-electron chi connectivity index (χ3n) is 4.56. The van der Waals surface area contributed by atoms with Gasteiger partial charge in [-0.1, -0.05) is 38.1 Å². The zero-order valence-corrected chi connectivity index (χ0v) is 16.3. The third kappa shape index (κ3) is 4.54. The van der Waals surface area contributed by atoms with Crippen molar-refractivity contribution in [1.82, 2.24) is 5.32 Å². The van der Waals surface area contributed by atoms with Crippen LogP contribution in [-0.2, 0) is 11.2 Å². The van der Waals surface area contributed by atoms with Crippen molar-refractivity contribution < 1.29 is 19.0 Å². The van der Waals surface area contributed by atoms with Gasteiger partial charge < -0.3 is 19.5 Å². The van der Waals surface area contributed by atoms with E-state index in [9.17, 15) is 4.79 Å². The number of carbonyl (C=O) groups excluding carboxylic acids is 1. The Morgan fingerprint density at radius 1 is 1.19 bits per heavy atom. The Morgan fingerprint density at radius 3 is 2.67 bits per heavy atom. The maximum absolute atomic E-state index is 12.6. The number of rotatable bonds is 7. The Morgan fingerprint density at radius 2 is 1.96 bits per heavy atom. The van der Waals surface area contributed by atoms with E-state index in [2.05, 4.69) is 19.2 Å². The molecule has 1 N–H and O–H groups in total. The molecule has 2 aromatic carbocycles. The molecular formula is C22H27NO4. The van der Waals surface area contributed by atoms with E-state index in [1.807, 2.05) is 49.4 Å². The van der Waals surface area contributed by atoms with Crippen molar-refractivity contribution in [3.05, 3.63) is 53.6 Å². The van der Waals surface area contributed by atoms with E-state index in [4.69, 9.17) is 14.2 Å². The number of carbonyl (C=O) groups is 1. The molecule has 1 amide bonds. The summed E-state index contributed by atoms with van der Waals surface area (Å²) >= 11 is 0. The second-order valence-corrected chi connectivity index (χ2v) is 7.26. The number of fused-ring (bicyclic) bond motifs is 1. The number of hydrogen-bond donors (Lipinski definition) is 1. The van der Waals surface area contributed by atoms with Crippen LogP contribution in [0, 0.1) is 5.92 Å². The van der Waals surface area contributed by atoms with Crippen LogP contribution in [-0.4, -0.2) is 25.7 Å². The number of ether oxygens (including phenoxy) is 3. The summed E-state index contributed by atoms with van der Waals surface area (Å²) < 4.78 is 17.0. The van der Waals surface area contributed by atoms with Gasteiger partial charge in [0, 0.05) is 6.42 Å². The molecule has 27 heavy (non-hydrogen) atoms. The first-order valence-corrected chi connectivity index (χ1v) is 9.33. The van der Waals surface area contributed by atoms with E-state index in [-0.39, 0.29) is 11.9 Å². The van der Waals surface area contributed by atoms with Crippen molar-refractivity contribution >= 4 is 5.91 Å². The van der Waals surface area contributed by atoms with Crippen LogP contribution >= 0.6 is 0 Å². The first-order valence-electron chi connectivity index (χ1n) is 9.33. The van der Waals surface area contributed by atoms with Crippen molar-refractivity contribution in [2.75, 3.05) is 13.7 Å². The quantitative estimate of drug-likeness (QED) is 0.804. The molecule has 3 rings (SSSR count). The summed E-state index contributed by atoms with van der Waals surface area (Å²) in [4.78, 5) is 12.6. The van der Waals surface area contributed by atoms with Crippen LogP contribution in [0.4, 0.5) is 0 Å². The topological polar surface area (TPSA) is 56.8 Å². The SMILES string of the molecule is COc1cc(C(C)NC(=O)C2Cc3ccccc3O2)ccc1OCC(C)C. The van der Waals surface area contributed by atoms with Gasteiger partial charge in [-0.2, -0.15) is 0 Å². The largest absolute Gasteiger partial charge is 0.493 e. The van der Waals surface area contributed by atoms with Gasteiger partial charge in [0.25, 0.3) is 5.91 Å². The smallest absolute Gasteiger partial charge is 0.261 e. The van der Waals surface area contributed by atoms with Crippen molar-refractivity contribution in [3.63, 3.8) is 0 Å². The first-order chi connectivity index (χ1) is 13.0. The van der Waals surface area contributed by atoms with Gasteiger partial charge in [-0.3, -0.25) is 4.79 Å². The molecule has 0 aliphatic carbocycles. The minimum Gasteiger partial charge on any atom is -0.493 e. The fraction of sp³-hybridized carbons (Fsp3) is 0.409. The molecule has 144 valence electrons. The third-order valence-corrected chi connectivity index (χ3v) is 4.56. The summed E-state index contributed by atoms with van der Waals surface area (Å²) in [7, 11) is 1.62. The molecule has 0 radical (unpaired) electrons. The van der Waals surface area contributed by atoms with Gasteiger partial charge in [-0.15, -0.1) is 0 Å². The summed E-state index contributed by atoms with van der Waals surface area (Å²) in [6.45, 7) is 6.77. The molecule has 2 aromatic rings. The standard InChI is InChI=1S/C22H27NO4/c1-14(2)13-26-19-10-9-16(11-20(19)25-4)15(3)23-22(24)21-12-17-7-5-6-8-18(17)27-21/h5-11,14-15,21H,12-13H2,1-4H3,(H,23,24). The molecular weight excluding hydrogens is 342 g/mol. The molecule has 5 heteroatoms. The summed E-state index contributed by atoms with van der Waals surface area (Å²) in [5.41, 5.74) is 2.02. The van der Waals surface area contributed by atoms with Crippen LogP contribution in [0.2, 0.25) is 0 Å². The highest BCUT2D eigenvalue weighted by molar-refractivity contribution is 5.83. The summed E-state index contributed by atoms with van der Waals surface area (Å²) in [6.07, 6.45) is 0.112. The Balaban J connectivity index is 1.64. The highest BCUT2D eigenvalue weighted by Gasteiger charge is 2.29. The monoisotopic (exact) mass is 369 g/mol. The van der Waals surface area contributed by atoms with Crippen molar-refractivity contribution in [1.29, 1.82) is 0 Å². The fourth-order valence-electron chi connectivity index (χ4n) is 3.05. The number of hydrogen-bond acceptors (Lipinski definition) is 4. The predicted octanol–water partition coefficient (Wildman–Crippen LogP) is 3.91. The molecule has 0 bridgehead atoms. The molecule has 5 nitrogen and oxygen atoms in total. The van der Waals surface area contributed by atoms with Crippen LogP contribution in [0.3, 0.4) is 0 Å². The van der Waals surface area contributed by atoms with Gasteiger partial charge in [0.15, 0.2) is 17.6 Å². The molecule has 1 heterocycles. The Kier molecular flexibility index (Phi) is 5.89. The average molecular weight is 369 g/mol. The van der Waals surface area contributed by atoms with E-state index in [0.717, 1.165) is 16.9 Å². The van der Waals surface area contributed by atoms with Crippen molar-refractivity contribution in [3.8, 4) is 17.2 Å². The maximum Gasteiger partial charge on any atom is 0.261 e. The molecule has 1 aliphatic rings. The van der Waals surface area contributed by atoms with Gasteiger partial charge >= 0.3 is 0 Å². The number of para-hydroxylation sites is 1.